The first kappa shape index (κ1) is 17.5. The van der Waals surface area contributed by atoms with Gasteiger partial charge in [-0.25, -0.2) is 0 Å². The van der Waals surface area contributed by atoms with Crippen LogP contribution >= 0.6 is 11.8 Å². The lowest BCUT2D eigenvalue weighted by Gasteiger charge is -2.22. The van der Waals surface area contributed by atoms with Gasteiger partial charge in [0.05, 0.1) is 0 Å². The average molecular weight is 295 g/mol. The third-order valence-corrected chi connectivity index (χ3v) is 5.27. The summed E-state index contributed by atoms with van der Waals surface area (Å²) in [5, 5.41) is 0. The number of nitrogens with one attached hydrogen (secondary N) is 1. The van der Waals surface area contributed by atoms with Crippen LogP contribution in [0.3, 0.4) is 0 Å². The molecule has 1 rings (SSSR count). The Kier molecular flexibility index (Phi) is 8.99. The van der Waals surface area contributed by atoms with E-state index in [2.05, 4.69) is 50.5 Å². The van der Waals surface area contributed by atoms with E-state index in [1.54, 1.807) is 0 Å². The Morgan fingerprint density at radius 3 is 2.60 bits per heavy atom. The van der Waals surface area contributed by atoms with Gasteiger partial charge in [-0.3, -0.25) is 11.3 Å². The number of unbranched alkanes of at least 4 members (excludes halogenated alkanes) is 1. The summed E-state index contributed by atoms with van der Waals surface area (Å²) in [7, 11) is 0. The second kappa shape index (κ2) is 10.3. The molecule has 0 aliphatic heterocycles. The van der Waals surface area contributed by atoms with Gasteiger partial charge in [-0.15, -0.1) is 11.8 Å². The summed E-state index contributed by atoms with van der Waals surface area (Å²) in [4.78, 5) is 1.37. The lowest BCUT2D eigenvalue weighted by molar-refractivity contribution is 0.367. The molecule has 114 valence electrons. The van der Waals surface area contributed by atoms with Crippen molar-refractivity contribution in [3.05, 3.63) is 29.8 Å². The molecule has 20 heavy (non-hydrogen) atoms. The molecule has 0 heterocycles. The van der Waals surface area contributed by atoms with Gasteiger partial charge in [0, 0.05) is 16.7 Å². The Morgan fingerprint density at radius 2 is 2.00 bits per heavy atom. The molecule has 0 radical (unpaired) electrons. The van der Waals surface area contributed by atoms with Gasteiger partial charge >= 0.3 is 0 Å². The number of rotatable bonds is 10. The van der Waals surface area contributed by atoms with E-state index in [1.807, 2.05) is 11.8 Å². The van der Waals surface area contributed by atoms with Crippen molar-refractivity contribution in [1.29, 1.82) is 0 Å². The molecule has 0 saturated heterocycles. The zero-order chi connectivity index (χ0) is 14.8. The maximum Gasteiger partial charge on any atom is 0.0307 e. The summed E-state index contributed by atoms with van der Waals surface area (Å²) in [6.45, 7) is 6.73. The van der Waals surface area contributed by atoms with Crippen LogP contribution in [0.2, 0.25) is 0 Å². The third kappa shape index (κ3) is 6.29. The Morgan fingerprint density at radius 1 is 1.25 bits per heavy atom. The lowest BCUT2D eigenvalue weighted by atomic mass is 9.93. The highest BCUT2D eigenvalue weighted by atomic mass is 32.2. The van der Waals surface area contributed by atoms with Gasteiger partial charge in [-0.2, -0.15) is 0 Å². The molecule has 0 aromatic heterocycles. The monoisotopic (exact) mass is 294 g/mol. The van der Waals surface area contributed by atoms with Crippen molar-refractivity contribution in [1.82, 2.24) is 5.43 Å². The quantitative estimate of drug-likeness (QED) is 0.378. The number of benzene rings is 1. The van der Waals surface area contributed by atoms with Crippen LogP contribution < -0.4 is 11.3 Å². The SMILES string of the molecule is CCCCC(CC)CC(CSc1ccccc1C)NN. The van der Waals surface area contributed by atoms with E-state index in [1.165, 1.54) is 42.6 Å². The van der Waals surface area contributed by atoms with Crippen molar-refractivity contribution < 1.29 is 0 Å². The summed E-state index contributed by atoms with van der Waals surface area (Å²) in [6.07, 6.45) is 6.40. The maximum absolute atomic E-state index is 5.74. The van der Waals surface area contributed by atoms with E-state index in [4.69, 9.17) is 5.84 Å². The molecule has 0 aliphatic rings. The second-order valence-corrected chi connectivity index (χ2v) is 6.65. The van der Waals surface area contributed by atoms with Crippen LogP contribution in [0.4, 0.5) is 0 Å². The molecule has 0 spiro atoms. The van der Waals surface area contributed by atoms with Crippen LogP contribution in [0.1, 0.15) is 51.5 Å². The molecule has 0 fully saturated rings. The van der Waals surface area contributed by atoms with Crippen LogP contribution in [0.15, 0.2) is 29.2 Å². The number of hydrogen-bond donors (Lipinski definition) is 2. The summed E-state index contributed by atoms with van der Waals surface area (Å²) in [6, 6.07) is 8.97. The van der Waals surface area contributed by atoms with Crippen molar-refractivity contribution in [2.75, 3.05) is 5.75 Å². The van der Waals surface area contributed by atoms with E-state index in [0.717, 1.165) is 11.7 Å². The number of hydrogen-bond acceptors (Lipinski definition) is 3. The molecular formula is C17H30N2S. The standard InChI is InChI=1S/C17H30N2S/c1-4-6-10-15(5-2)12-16(19-18)13-20-17-11-8-7-9-14(17)3/h7-9,11,15-16,19H,4-6,10,12-13,18H2,1-3H3. The average Bonchev–Trinajstić information content (AvgIpc) is 2.48. The van der Waals surface area contributed by atoms with Crippen LogP contribution in [-0.4, -0.2) is 11.8 Å². The van der Waals surface area contributed by atoms with Gasteiger partial charge in [-0.05, 0) is 30.9 Å². The first-order chi connectivity index (χ1) is 9.71. The predicted molar refractivity (Wildman–Crippen MR) is 90.9 cm³/mol. The topological polar surface area (TPSA) is 38.0 Å². The molecular weight excluding hydrogens is 264 g/mol. The molecule has 1 aromatic carbocycles. The molecule has 0 saturated carbocycles. The van der Waals surface area contributed by atoms with Gasteiger partial charge in [0.25, 0.3) is 0 Å². The largest absolute Gasteiger partial charge is 0.271 e. The summed E-state index contributed by atoms with van der Waals surface area (Å²) in [5.41, 5.74) is 4.37. The first-order valence-electron chi connectivity index (χ1n) is 7.85. The van der Waals surface area contributed by atoms with Crippen molar-refractivity contribution in [2.45, 2.75) is 63.8 Å². The Balaban J connectivity index is 2.44. The van der Waals surface area contributed by atoms with Crippen LogP contribution in [-0.2, 0) is 0 Å². The van der Waals surface area contributed by atoms with Crippen molar-refractivity contribution in [3.63, 3.8) is 0 Å². The zero-order valence-corrected chi connectivity index (χ0v) is 14.0. The molecule has 0 bridgehead atoms. The summed E-state index contributed by atoms with van der Waals surface area (Å²) >= 11 is 1.91. The van der Waals surface area contributed by atoms with Gasteiger partial charge in [-0.1, -0.05) is 57.7 Å². The fourth-order valence-electron chi connectivity index (χ4n) is 2.48. The van der Waals surface area contributed by atoms with E-state index >= 15 is 0 Å². The highest BCUT2D eigenvalue weighted by molar-refractivity contribution is 7.99. The van der Waals surface area contributed by atoms with E-state index < -0.39 is 0 Å². The van der Waals surface area contributed by atoms with Crippen molar-refractivity contribution in [2.24, 2.45) is 11.8 Å². The Bertz CT molecular complexity index is 368. The van der Waals surface area contributed by atoms with Crippen LogP contribution in [0.25, 0.3) is 0 Å². The molecule has 3 N–H and O–H groups in total. The molecule has 2 nitrogen and oxygen atoms in total. The fraction of sp³-hybridized carbons (Fsp3) is 0.647. The lowest BCUT2D eigenvalue weighted by Crippen LogP contribution is -2.38. The zero-order valence-electron chi connectivity index (χ0n) is 13.2. The smallest absolute Gasteiger partial charge is 0.0307 e. The van der Waals surface area contributed by atoms with Gasteiger partial charge in [0.2, 0.25) is 0 Å². The molecule has 0 aliphatic carbocycles. The highest BCUT2D eigenvalue weighted by Crippen LogP contribution is 2.25. The second-order valence-electron chi connectivity index (χ2n) is 5.59. The molecule has 0 amide bonds. The minimum atomic E-state index is 0.404. The highest BCUT2D eigenvalue weighted by Gasteiger charge is 2.14. The maximum atomic E-state index is 5.74. The molecule has 2 unspecified atom stereocenters. The molecule has 1 aromatic rings. The number of aryl methyl sites for hydroxylation is 1. The minimum absolute atomic E-state index is 0.404. The van der Waals surface area contributed by atoms with E-state index in [-0.39, 0.29) is 0 Å². The Labute approximate surface area is 128 Å². The minimum Gasteiger partial charge on any atom is -0.271 e. The van der Waals surface area contributed by atoms with Crippen LogP contribution in [0, 0.1) is 12.8 Å². The van der Waals surface area contributed by atoms with E-state index in [9.17, 15) is 0 Å². The predicted octanol–water partition coefficient (Wildman–Crippen LogP) is 4.53. The van der Waals surface area contributed by atoms with Gasteiger partial charge in [0.1, 0.15) is 0 Å². The van der Waals surface area contributed by atoms with E-state index in [0.29, 0.717) is 6.04 Å². The number of thioether (sulfide) groups is 1. The third-order valence-electron chi connectivity index (χ3n) is 3.93. The summed E-state index contributed by atoms with van der Waals surface area (Å²) in [5.74, 6) is 7.59. The summed E-state index contributed by atoms with van der Waals surface area (Å²) < 4.78 is 0. The van der Waals surface area contributed by atoms with Gasteiger partial charge in [0.15, 0.2) is 0 Å². The number of hydrazine groups is 1. The normalized spacial score (nSPS) is 14.2. The van der Waals surface area contributed by atoms with Crippen molar-refractivity contribution in [3.8, 4) is 0 Å². The number of nitrogens with two attached hydrogens (primary N) is 1. The molecule has 2 atom stereocenters. The van der Waals surface area contributed by atoms with Crippen LogP contribution in [0.5, 0.6) is 0 Å². The Hall–Kier alpha value is -0.510. The molecule has 3 heteroatoms. The first-order valence-corrected chi connectivity index (χ1v) is 8.84. The fourth-order valence-corrected chi connectivity index (χ4v) is 3.56. The van der Waals surface area contributed by atoms with Gasteiger partial charge < -0.3 is 0 Å². The van der Waals surface area contributed by atoms with Crippen molar-refractivity contribution >= 4 is 11.8 Å².